The third-order valence-corrected chi connectivity index (χ3v) is 13.7. The van der Waals surface area contributed by atoms with Crippen molar-refractivity contribution in [3.05, 3.63) is 80.7 Å². The van der Waals surface area contributed by atoms with E-state index >= 15 is 4.39 Å². The summed E-state index contributed by atoms with van der Waals surface area (Å²) in [4.78, 5) is 77.8. The van der Waals surface area contributed by atoms with E-state index in [1.54, 1.807) is 16.8 Å². The number of likely N-dealkylation sites (N-methyl/N-ethyl adjacent to an activating group) is 1. The summed E-state index contributed by atoms with van der Waals surface area (Å²) >= 11 is 6.59. The number of anilines is 3. The van der Waals surface area contributed by atoms with Crippen LogP contribution in [0.2, 0.25) is 5.02 Å². The third kappa shape index (κ3) is 8.76. The van der Waals surface area contributed by atoms with Crippen LogP contribution in [0.15, 0.2) is 53.5 Å². The number of amides is 4. The number of carbonyl (C=O) groups excluding carboxylic acids is 4. The first-order valence-electron chi connectivity index (χ1n) is 22.2. The quantitative estimate of drug-likeness (QED) is 0.162. The molecule has 4 amide bonds. The molecule has 6 heterocycles. The number of nitrogens with zero attached hydrogens (tertiary/aromatic N) is 6. The minimum absolute atomic E-state index is 0.0809. The third-order valence-electron chi connectivity index (χ3n) is 13.4. The van der Waals surface area contributed by atoms with Gasteiger partial charge in [-0.15, -0.1) is 0 Å². The van der Waals surface area contributed by atoms with Gasteiger partial charge in [-0.2, -0.15) is 4.98 Å². The highest BCUT2D eigenvalue weighted by Gasteiger charge is 2.43. The fraction of sp³-hybridized carbons (Fsp3) is 0.500. The Hall–Kier alpha value is -5.65. The second-order valence-corrected chi connectivity index (χ2v) is 18.2. The molecule has 3 saturated heterocycles. The molecule has 0 radical (unpaired) electrons. The summed E-state index contributed by atoms with van der Waals surface area (Å²) in [6.07, 6.45) is 5.26. The molecule has 64 heavy (non-hydrogen) atoms. The molecule has 4 fully saturated rings. The topological polar surface area (TPSA) is 180 Å². The molecule has 18 heteroatoms. The summed E-state index contributed by atoms with van der Waals surface area (Å²) in [7, 11) is 1.51. The average Bonchev–Trinajstić information content (AvgIpc) is 3.59. The Morgan fingerprint density at radius 2 is 1.80 bits per heavy atom. The van der Waals surface area contributed by atoms with Crippen LogP contribution >= 0.6 is 11.6 Å². The smallest absolute Gasteiger partial charge is 0.293 e. The molecule has 1 aliphatic carbocycles. The maximum absolute atomic E-state index is 15.9. The molecule has 4 aromatic rings. The molecule has 0 spiro atoms. The van der Waals surface area contributed by atoms with Crippen molar-refractivity contribution in [3.8, 4) is 5.75 Å². The number of hydrogen-bond donors (Lipinski definition) is 3. The molecule has 338 valence electrons. The number of ether oxygens (including phenoxy) is 2. The van der Waals surface area contributed by atoms with Crippen molar-refractivity contribution in [1.29, 1.82) is 0 Å². The van der Waals surface area contributed by atoms with Gasteiger partial charge in [-0.3, -0.25) is 34.2 Å². The van der Waals surface area contributed by atoms with Gasteiger partial charge in [-0.05, 0) is 100 Å². The standard InChI is InChI=1S/C46H53ClFN9O7/c1-25(2)57-37-7-6-29(16-28(37)18-39(45(57)62)63-24-41(59)49-3)51-42-35(47)21-50-46(53-42)54-13-10-31(11-14-54)64-32-19-30(20-32)55-15-12-33(36(48)23-55)26-4-5-27-22-56(44(61)34(27)17-26)38-8-9-40(58)52-43(38)60/h4-7,16-18,21,25,30-33,36,38H,8-15,19-20,22-24H2,1-3H3,(H,49,59)(H,50,51,53)(H,52,58,60)/t30?,32?,33-,36-,38?/m1/s1. The molecule has 3 atom stereocenters. The van der Waals surface area contributed by atoms with Crippen LogP contribution in [0, 0.1) is 0 Å². The lowest BCUT2D eigenvalue weighted by atomic mass is 9.82. The zero-order valence-electron chi connectivity index (χ0n) is 36.1. The van der Waals surface area contributed by atoms with Crippen LogP contribution in [-0.2, 0) is 25.7 Å². The number of hydrogen-bond acceptors (Lipinski definition) is 12. The highest BCUT2D eigenvalue weighted by atomic mass is 35.5. The lowest BCUT2D eigenvalue weighted by molar-refractivity contribution is -0.137. The summed E-state index contributed by atoms with van der Waals surface area (Å²) in [5.74, 6) is -0.578. The molecular weight excluding hydrogens is 845 g/mol. The van der Waals surface area contributed by atoms with Crippen molar-refractivity contribution in [3.63, 3.8) is 0 Å². The summed E-state index contributed by atoms with van der Waals surface area (Å²) in [6.45, 7) is 6.39. The Bertz CT molecular complexity index is 2540. The van der Waals surface area contributed by atoms with Crippen LogP contribution in [0.25, 0.3) is 10.9 Å². The number of likely N-dealkylation sites (tertiary alicyclic amines) is 1. The van der Waals surface area contributed by atoms with E-state index in [4.69, 9.17) is 26.1 Å². The van der Waals surface area contributed by atoms with Gasteiger partial charge in [0.15, 0.2) is 18.2 Å². The highest BCUT2D eigenvalue weighted by Crippen LogP contribution is 2.39. The Morgan fingerprint density at radius 3 is 2.53 bits per heavy atom. The minimum atomic E-state index is -1.07. The fourth-order valence-corrected chi connectivity index (χ4v) is 9.95. The molecule has 4 aliphatic heterocycles. The number of alkyl halides is 1. The molecule has 9 rings (SSSR count). The molecule has 1 unspecified atom stereocenters. The normalized spacial score (nSPS) is 24.2. The summed E-state index contributed by atoms with van der Waals surface area (Å²) < 4.78 is 29.7. The van der Waals surface area contributed by atoms with E-state index in [1.807, 2.05) is 50.2 Å². The first kappa shape index (κ1) is 43.6. The fourth-order valence-electron chi connectivity index (χ4n) is 9.81. The minimum Gasteiger partial charge on any atom is -0.478 e. The summed E-state index contributed by atoms with van der Waals surface area (Å²) in [6, 6.07) is 12.3. The van der Waals surface area contributed by atoms with E-state index in [-0.39, 0.29) is 72.3 Å². The largest absolute Gasteiger partial charge is 0.478 e. The zero-order chi connectivity index (χ0) is 44.8. The van der Waals surface area contributed by atoms with Crippen LogP contribution < -0.4 is 31.1 Å². The number of rotatable bonds is 12. The van der Waals surface area contributed by atoms with Crippen LogP contribution in [0.1, 0.15) is 92.2 Å². The number of piperidine rings is 3. The number of imide groups is 1. The van der Waals surface area contributed by atoms with Gasteiger partial charge in [-0.25, -0.2) is 9.37 Å². The number of aromatic nitrogens is 3. The van der Waals surface area contributed by atoms with E-state index < -0.39 is 18.1 Å². The van der Waals surface area contributed by atoms with Crippen LogP contribution in [0.3, 0.4) is 0 Å². The molecule has 5 aliphatic rings. The van der Waals surface area contributed by atoms with Crippen LogP contribution in [0.4, 0.5) is 21.8 Å². The van der Waals surface area contributed by atoms with Gasteiger partial charge in [0, 0.05) is 74.3 Å². The molecule has 16 nitrogen and oxygen atoms in total. The summed E-state index contributed by atoms with van der Waals surface area (Å²) in [5.41, 5.74) is 3.26. The number of nitrogens with one attached hydrogen (secondary N) is 3. The Balaban J connectivity index is 0.750. The van der Waals surface area contributed by atoms with Gasteiger partial charge >= 0.3 is 0 Å². The van der Waals surface area contributed by atoms with Crippen LogP contribution in [-0.4, -0.2) is 118 Å². The number of fused-ring (bicyclic) bond motifs is 2. The van der Waals surface area contributed by atoms with E-state index in [9.17, 15) is 24.0 Å². The molecule has 2 aromatic heterocycles. The van der Waals surface area contributed by atoms with Crippen molar-refractivity contribution in [1.82, 2.24) is 35.0 Å². The molecule has 1 saturated carbocycles. The lowest BCUT2D eigenvalue weighted by Gasteiger charge is -2.47. The van der Waals surface area contributed by atoms with Gasteiger partial charge in [0.05, 0.1) is 23.9 Å². The van der Waals surface area contributed by atoms with Gasteiger partial charge in [-0.1, -0.05) is 23.7 Å². The van der Waals surface area contributed by atoms with Gasteiger partial charge in [0.1, 0.15) is 17.2 Å². The monoisotopic (exact) mass is 897 g/mol. The SMILES string of the molecule is CNC(=O)COc1cc2cc(Nc3nc(N4CCC(OC5CC(N6CC[C@H](c7ccc8c(c7)C(=O)N(C7CCC(=O)NC7=O)C8)[C@H](F)C6)C5)CC4)ncc3Cl)ccc2n(C(C)C)c1=O. The Morgan fingerprint density at radius 1 is 1.00 bits per heavy atom. The van der Waals surface area contributed by atoms with Gasteiger partial charge < -0.3 is 34.5 Å². The van der Waals surface area contributed by atoms with Crippen molar-refractivity contribution in [2.75, 3.05) is 50.1 Å². The second kappa shape index (κ2) is 18.1. The van der Waals surface area contributed by atoms with Gasteiger partial charge in [0.25, 0.3) is 17.4 Å². The number of pyridine rings is 1. The maximum atomic E-state index is 15.9. The van der Waals surface area contributed by atoms with E-state index in [1.165, 1.54) is 11.9 Å². The number of halogens is 2. The van der Waals surface area contributed by atoms with Crippen molar-refractivity contribution >= 4 is 63.6 Å². The van der Waals surface area contributed by atoms with Crippen molar-refractivity contribution in [2.24, 2.45) is 0 Å². The van der Waals surface area contributed by atoms with E-state index in [0.717, 1.165) is 54.3 Å². The summed E-state index contributed by atoms with van der Waals surface area (Å²) in [5, 5.41) is 9.24. The molecule has 3 N–H and O–H groups in total. The van der Waals surface area contributed by atoms with Crippen molar-refractivity contribution < 1.29 is 33.0 Å². The second-order valence-electron chi connectivity index (χ2n) is 17.8. The average molecular weight is 898 g/mol. The lowest BCUT2D eigenvalue weighted by Crippen LogP contribution is -2.54. The number of carbonyl (C=O) groups is 4. The molecule has 0 bridgehead atoms. The predicted octanol–water partition coefficient (Wildman–Crippen LogP) is 5.00. The van der Waals surface area contributed by atoms with Crippen LogP contribution in [0.5, 0.6) is 5.75 Å². The Labute approximate surface area is 374 Å². The maximum Gasteiger partial charge on any atom is 0.293 e. The van der Waals surface area contributed by atoms with Crippen molar-refractivity contribution in [2.45, 2.75) is 108 Å². The molecular formula is C46H53ClFN9O7. The van der Waals surface area contributed by atoms with Gasteiger partial charge in [0.2, 0.25) is 17.8 Å². The zero-order valence-corrected chi connectivity index (χ0v) is 36.9. The molecule has 2 aromatic carbocycles. The highest BCUT2D eigenvalue weighted by molar-refractivity contribution is 6.33. The first-order valence-corrected chi connectivity index (χ1v) is 22.6. The first-order chi connectivity index (χ1) is 30.8. The van der Waals surface area contributed by atoms with E-state index in [0.29, 0.717) is 67.1 Å². The van der Waals surface area contributed by atoms with E-state index in [2.05, 4.69) is 30.7 Å². The Kier molecular flexibility index (Phi) is 12.3. The predicted molar refractivity (Wildman–Crippen MR) is 238 cm³/mol. The number of benzene rings is 2.